The number of hydrogen-bond acceptors (Lipinski definition) is 2. The van der Waals surface area contributed by atoms with Gasteiger partial charge in [0.1, 0.15) is 5.69 Å². The number of aromatic amines is 1. The Hall–Kier alpha value is -1.68. The minimum atomic E-state index is -0.169. The maximum atomic E-state index is 11.0. The van der Waals surface area contributed by atoms with Gasteiger partial charge in [-0.3, -0.25) is 14.6 Å². The topological polar surface area (TPSA) is 47.0 Å². The highest BCUT2D eigenvalue weighted by Gasteiger charge is 2.08. The predicted octanol–water partition coefficient (Wildman–Crippen LogP) is 1.83. The van der Waals surface area contributed by atoms with Gasteiger partial charge in [-0.25, -0.2) is 0 Å². The van der Waals surface area contributed by atoms with Crippen molar-refractivity contribution < 1.29 is 4.74 Å². The van der Waals surface area contributed by atoms with Crippen LogP contribution in [0.5, 0.6) is 5.75 Å². The van der Waals surface area contributed by atoms with Gasteiger partial charge in [0, 0.05) is 12.3 Å². The van der Waals surface area contributed by atoms with E-state index in [1.165, 1.54) is 13.2 Å². The van der Waals surface area contributed by atoms with Crippen LogP contribution in [-0.2, 0) is 0 Å². The van der Waals surface area contributed by atoms with Crippen LogP contribution in [0.1, 0.15) is 0 Å². The number of rotatable bonds is 2. The molecular formula is C10H9ClN2O2. The normalized spacial score (nSPS) is 10.3. The van der Waals surface area contributed by atoms with Crippen LogP contribution in [-0.4, -0.2) is 16.9 Å². The first kappa shape index (κ1) is 9.86. The van der Waals surface area contributed by atoms with E-state index in [1.807, 2.05) is 0 Å². The number of benzene rings is 1. The lowest BCUT2D eigenvalue weighted by Gasteiger charge is -2.09. The molecular weight excluding hydrogens is 216 g/mol. The molecule has 0 saturated heterocycles. The van der Waals surface area contributed by atoms with Crippen molar-refractivity contribution in [3.05, 3.63) is 45.8 Å². The van der Waals surface area contributed by atoms with Crippen LogP contribution in [0.15, 0.2) is 35.3 Å². The molecule has 0 bridgehead atoms. The lowest BCUT2D eigenvalue weighted by Crippen LogP contribution is -2.04. The van der Waals surface area contributed by atoms with Gasteiger partial charge in [-0.1, -0.05) is 17.7 Å². The summed E-state index contributed by atoms with van der Waals surface area (Å²) < 4.78 is 6.73. The number of para-hydroxylation sites is 1. The second kappa shape index (κ2) is 3.82. The molecule has 1 N–H and O–H groups in total. The molecule has 0 amide bonds. The lowest BCUT2D eigenvalue weighted by atomic mass is 10.3. The highest BCUT2D eigenvalue weighted by molar-refractivity contribution is 6.32. The van der Waals surface area contributed by atoms with Crippen molar-refractivity contribution >= 4 is 11.6 Å². The fraction of sp³-hybridized carbons (Fsp3) is 0.100. The molecule has 78 valence electrons. The molecule has 1 aromatic carbocycles. The van der Waals surface area contributed by atoms with Crippen LogP contribution in [0.3, 0.4) is 0 Å². The zero-order valence-electron chi connectivity index (χ0n) is 8.03. The first-order chi connectivity index (χ1) is 7.22. The average molecular weight is 225 g/mol. The standard InChI is InChI=1S/C10H9ClN2O2/c1-15-10-7(11)3-2-4-8(10)13-6-5-9(14)12-13/h2-6H,1H3,(H,12,14). The van der Waals surface area contributed by atoms with Gasteiger partial charge in [0.05, 0.1) is 12.1 Å². The van der Waals surface area contributed by atoms with Gasteiger partial charge in [-0.15, -0.1) is 0 Å². The van der Waals surface area contributed by atoms with Gasteiger partial charge in [-0.05, 0) is 12.1 Å². The molecule has 2 rings (SSSR count). The fourth-order valence-corrected chi connectivity index (χ4v) is 1.61. The number of aromatic nitrogens is 2. The van der Waals surface area contributed by atoms with Crippen LogP contribution in [0, 0.1) is 0 Å². The van der Waals surface area contributed by atoms with Crippen molar-refractivity contribution in [1.29, 1.82) is 0 Å². The van der Waals surface area contributed by atoms with E-state index in [1.54, 1.807) is 29.1 Å². The SMILES string of the molecule is COc1c(Cl)cccc1-n1ccc(=O)[nH]1. The monoisotopic (exact) mass is 224 g/mol. The number of halogens is 1. The van der Waals surface area contributed by atoms with Crippen molar-refractivity contribution in [3.8, 4) is 11.4 Å². The third-order valence-corrected chi connectivity index (χ3v) is 2.31. The van der Waals surface area contributed by atoms with Gasteiger partial charge in [0.15, 0.2) is 5.75 Å². The molecule has 0 aliphatic carbocycles. The van der Waals surface area contributed by atoms with E-state index in [4.69, 9.17) is 16.3 Å². The Bertz CT molecular complexity index is 530. The molecule has 0 saturated carbocycles. The van der Waals surface area contributed by atoms with Gasteiger partial charge in [-0.2, -0.15) is 0 Å². The largest absolute Gasteiger partial charge is 0.493 e. The molecule has 4 nitrogen and oxygen atoms in total. The van der Waals surface area contributed by atoms with Crippen molar-refractivity contribution in [1.82, 2.24) is 9.78 Å². The summed E-state index contributed by atoms with van der Waals surface area (Å²) in [5.41, 5.74) is 0.532. The van der Waals surface area contributed by atoms with Crippen LogP contribution in [0.25, 0.3) is 5.69 Å². The van der Waals surface area contributed by atoms with Crippen LogP contribution in [0.4, 0.5) is 0 Å². The molecule has 15 heavy (non-hydrogen) atoms. The molecule has 2 aromatic rings. The zero-order chi connectivity index (χ0) is 10.8. The molecule has 0 fully saturated rings. The molecule has 0 aliphatic heterocycles. The molecule has 0 unspecified atom stereocenters. The summed E-state index contributed by atoms with van der Waals surface area (Å²) in [6, 6.07) is 6.75. The summed E-state index contributed by atoms with van der Waals surface area (Å²) in [7, 11) is 1.53. The summed E-state index contributed by atoms with van der Waals surface area (Å²) >= 11 is 5.96. The molecule has 5 heteroatoms. The molecule has 1 heterocycles. The predicted molar refractivity (Wildman–Crippen MR) is 58.0 cm³/mol. The number of H-pyrrole nitrogens is 1. The molecule has 0 atom stereocenters. The summed E-state index contributed by atoms with van der Waals surface area (Å²) in [5.74, 6) is 0.533. The van der Waals surface area contributed by atoms with E-state index < -0.39 is 0 Å². The molecule has 0 radical (unpaired) electrons. The Balaban J connectivity index is 2.62. The summed E-state index contributed by atoms with van der Waals surface area (Å²) in [4.78, 5) is 11.0. The Morgan fingerprint density at radius 3 is 2.80 bits per heavy atom. The summed E-state index contributed by atoms with van der Waals surface area (Å²) in [6.45, 7) is 0. The third kappa shape index (κ3) is 1.76. The van der Waals surface area contributed by atoms with Crippen LogP contribution in [0.2, 0.25) is 5.02 Å². The Kier molecular flexibility index (Phi) is 2.51. The molecule has 1 aromatic heterocycles. The second-order valence-electron chi connectivity index (χ2n) is 2.95. The third-order valence-electron chi connectivity index (χ3n) is 2.02. The lowest BCUT2D eigenvalue weighted by molar-refractivity contribution is 0.412. The van der Waals surface area contributed by atoms with E-state index in [0.717, 1.165) is 0 Å². The van der Waals surface area contributed by atoms with Crippen molar-refractivity contribution in [2.24, 2.45) is 0 Å². The quantitative estimate of drug-likeness (QED) is 0.846. The van der Waals surface area contributed by atoms with E-state index in [9.17, 15) is 4.79 Å². The fourth-order valence-electron chi connectivity index (χ4n) is 1.37. The maximum absolute atomic E-state index is 11.0. The average Bonchev–Trinajstić information content (AvgIpc) is 2.64. The van der Waals surface area contributed by atoms with Gasteiger partial charge < -0.3 is 4.74 Å². The number of nitrogens with zero attached hydrogens (tertiary/aromatic N) is 1. The van der Waals surface area contributed by atoms with Crippen molar-refractivity contribution in [2.45, 2.75) is 0 Å². The van der Waals surface area contributed by atoms with Gasteiger partial charge in [0.25, 0.3) is 5.56 Å². The van der Waals surface area contributed by atoms with E-state index in [2.05, 4.69) is 5.10 Å². The zero-order valence-corrected chi connectivity index (χ0v) is 8.78. The molecule has 0 aliphatic rings. The number of nitrogens with one attached hydrogen (secondary N) is 1. The highest BCUT2D eigenvalue weighted by atomic mass is 35.5. The summed E-state index contributed by atoms with van der Waals surface area (Å²) in [5, 5.41) is 3.12. The second-order valence-corrected chi connectivity index (χ2v) is 3.36. The Labute approximate surface area is 91.0 Å². The summed E-state index contributed by atoms with van der Waals surface area (Å²) in [6.07, 6.45) is 1.62. The Morgan fingerprint density at radius 1 is 1.40 bits per heavy atom. The Morgan fingerprint density at radius 2 is 2.20 bits per heavy atom. The van der Waals surface area contributed by atoms with Crippen LogP contribution < -0.4 is 10.3 Å². The van der Waals surface area contributed by atoms with Gasteiger partial charge in [0.2, 0.25) is 0 Å². The van der Waals surface area contributed by atoms with E-state index in [-0.39, 0.29) is 5.56 Å². The smallest absolute Gasteiger partial charge is 0.264 e. The first-order valence-corrected chi connectivity index (χ1v) is 4.70. The number of methoxy groups -OCH3 is 1. The highest BCUT2D eigenvalue weighted by Crippen LogP contribution is 2.30. The van der Waals surface area contributed by atoms with E-state index >= 15 is 0 Å². The van der Waals surface area contributed by atoms with Crippen molar-refractivity contribution in [3.63, 3.8) is 0 Å². The minimum absolute atomic E-state index is 0.169. The van der Waals surface area contributed by atoms with E-state index in [0.29, 0.717) is 16.5 Å². The van der Waals surface area contributed by atoms with Crippen LogP contribution >= 0.6 is 11.6 Å². The van der Waals surface area contributed by atoms with Gasteiger partial charge >= 0.3 is 0 Å². The number of ether oxygens (including phenoxy) is 1. The van der Waals surface area contributed by atoms with Crippen molar-refractivity contribution in [2.75, 3.05) is 7.11 Å². The maximum Gasteiger partial charge on any atom is 0.264 e. The number of hydrogen-bond donors (Lipinski definition) is 1. The molecule has 0 spiro atoms. The first-order valence-electron chi connectivity index (χ1n) is 4.33. The minimum Gasteiger partial charge on any atom is -0.493 e.